The molecule has 1 saturated heterocycles. The first-order chi connectivity index (χ1) is 13.0. The molecule has 0 radical (unpaired) electrons. The molecule has 1 aromatic carbocycles. The molecule has 0 unspecified atom stereocenters. The molecule has 2 heterocycles. The van der Waals surface area contributed by atoms with Gasteiger partial charge in [0, 0.05) is 36.6 Å². The van der Waals surface area contributed by atoms with Crippen LogP contribution in [0.2, 0.25) is 5.02 Å². The van der Waals surface area contributed by atoms with Gasteiger partial charge in [-0.2, -0.15) is 0 Å². The van der Waals surface area contributed by atoms with Crippen LogP contribution in [0.3, 0.4) is 0 Å². The molecule has 2 aromatic rings. The Labute approximate surface area is 163 Å². The summed E-state index contributed by atoms with van der Waals surface area (Å²) in [5, 5.41) is 8.61. The molecule has 0 spiro atoms. The summed E-state index contributed by atoms with van der Waals surface area (Å²) in [5.74, 6) is 0.996. The highest BCUT2D eigenvalue weighted by Crippen LogP contribution is 2.26. The lowest BCUT2D eigenvalue weighted by atomic mass is 9.96. The maximum Gasteiger partial charge on any atom is 0.236 e. The first-order valence-electron chi connectivity index (χ1n) is 9.26. The third kappa shape index (κ3) is 4.65. The van der Waals surface area contributed by atoms with Crippen molar-refractivity contribution in [3.05, 3.63) is 46.8 Å². The van der Waals surface area contributed by atoms with Crippen molar-refractivity contribution in [3.63, 3.8) is 0 Å². The van der Waals surface area contributed by atoms with E-state index in [1.165, 1.54) is 11.0 Å². The van der Waals surface area contributed by atoms with Crippen LogP contribution in [0.4, 0.5) is 4.39 Å². The predicted molar refractivity (Wildman–Crippen MR) is 102 cm³/mol. The van der Waals surface area contributed by atoms with Gasteiger partial charge in [0.25, 0.3) is 0 Å². The van der Waals surface area contributed by atoms with Gasteiger partial charge in [-0.15, -0.1) is 10.2 Å². The largest absolute Gasteiger partial charge is 0.340 e. The number of hydrogen-bond donors (Lipinski definition) is 0. The van der Waals surface area contributed by atoms with Gasteiger partial charge in [0.15, 0.2) is 0 Å². The Hall–Kier alpha value is -1.99. The zero-order valence-corrected chi connectivity index (χ0v) is 16.5. The fraction of sp³-hybridized carbons (Fsp3) is 0.526. The molecule has 27 heavy (non-hydrogen) atoms. The number of aromatic nitrogens is 3. The van der Waals surface area contributed by atoms with Crippen molar-refractivity contribution in [2.45, 2.75) is 38.8 Å². The van der Waals surface area contributed by atoms with E-state index in [0.717, 1.165) is 38.3 Å². The standard InChI is InChI=1S/C19H25ClFN5O/c1-3-26-13-22-23-19(26)14-7-9-25(10-8-14)12-18(27)24(2)11-15-16(20)5-4-6-17(15)21/h4-6,13-14H,3,7-12H2,1-2H3. The van der Waals surface area contributed by atoms with Crippen LogP contribution in [-0.4, -0.2) is 57.2 Å². The summed E-state index contributed by atoms with van der Waals surface area (Å²) < 4.78 is 16.0. The van der Waals surface area contributed by atoms with Gasteiger partial charge in [-0.25, -0.2) is 4.39 Å². The number of aryl methyl sites for hydroxylation is 1. The number of likely N-dealkylation sites (tertiary alicyclic amines) is 1. The predicted octanol–water partition coefficient (Wildman–Crippen LogP) is 2.93. The summed E-state index contributed by atoms with van der Waals surface area (Å²) in [6.07, 6.45) is 3.68. The fourth-order valence-corrected chi connectivity index (χ4v) is 3.72. The molecule has 1 aliphatic heterocycles. The van der Waals surface area contributed by atoms with Crippen molar-refractivity contribution >= 4 is 17.5 Å². The number of nitrogens with zero attached hydrogens (tertiary/aromatic N) is 5. The Balaban J connectivity index is 1.52. The molecule has 6 nitrogen and oxygen atoms in total. The first-order valence-corrected chi connectivity index (χ1v) is 9.64. The second-order valence-electron chi connectivity index (χ2n) is 6.98. The molecule has 8 heteroatoms. The molecular weight excluding hydrogens is 369 g/mol. The first kappa shape index (κ1) is 19.8. The van der Waals surface area contributed by atoms with Crippen LogP contribution >= 0.6 is 11.6 Å². The molecule has 3 rings (SSSR count). The summed E-state index contributed by atoms with van der Waals surface area (Å²) in [6.45, 7) is 5.11. The number of carbonyl (C=O) groups is 1. The smallest absolute Gasteiger partial charge is 0.236 e. The zero-order chi connectivity index (χ0) is 19.4. The number of hydrogen-bond acceptors (Lipinski definition) is 4. The van der Waals surface area contributed by atoms with E-state index in [-0.39, 0.29) is 18.3 Å². The van der Waals surface area contributed by atoms with E-state index >= 15 is 0 Å². The molecule has 0 aliphatic carbocycles. The van der Waals surface area contributed by atoms with Crippen molar-refractivity contribution in [1.29, 1.82) is 0 Å². The monoisotopic (exact) mass is 393 g/mol. The van der Waals surface area contributed by atoms with Crippen molar-refractivity contribution in [1.82, 2.24) is 24.6 Å². The Bertz CT molecular complexity index is 768. The highest BCUT2D eigenvalue weighted by Gasteiger charge is 2.26. The van der Waals surface area contributed by atoms with Gasteiger partial charge in [0.05, 0.1) is 6.54 Å². The third-order valence-corrected chi connectivity index (χ3v) is 5.53. The van der Waals surface area contributed by atoms with Crippen LogP contribution in [0.5, 0.6) is 0 Å². The summed E-state index contributed by atoms with van der Waals surface area (Å²) >= 11 is 6.06. The highest BCUT2D eigenvalue weighted by molar-refractivity contribution is 6.31. The SMILES string of the molecule is CCn1cnnc1C1CCN(CC(=O)N(C)Cc2c(F)cccc2Cl)CC1. The Morgan fingerprint density at radius 2 is 2.11 bits per heavy atom. The Morgan fingerprint density at radius 1 is 1.37 bits per heavy atom. The van der Waals surface area contributed by atoms with Crippen LogP contribution in [-0.2, 0) is 17.9 Å². The summed E-state index contributed by atoms with van der Waals surface area (Å²) in [6, 6.07) is 4.56. The minimum absolute atomic E-state index is 0.0375. The van der Waals surface area contributed by atoms with Crippen molar-refractivity contribution in [2.24, 2.45) is 0 Å². The second kappa shape index (κ2) is 8.80. The third-order valence-electron chi connectivity index (χ3n) is 5.18. The maximum atomic E-state index is 13.9. The molecule has 0 N–H and O–H groups in total. The van der Waals surface area contributed by atoms with Crippen molar-refractivity contribution < 1.29 is 9.18 Å². The summed E-state index contributed by atoms with van der Waals surface area (Å²) in [5.41, 5.74) is 0.354. The lowest BCUT2D eigenvalue weighted by Crippen LogP contribution is -2.42. The number of halogens is 2. The number of amides is 1. The van der Waals surface area contributed by atoms with Crippen LogP contribution in [0, 0.1) is 5.82 Å². The normalized spacial score (nSPS) is 15.9. The topological polar surface area (TPSA) is 54.3 Å². The molecule has 1 fully saturated rings. The van der Waals surface area contributed by atoms with Gasteiger partial charge < -0.3 is 9.47 Å². The molecule has 0 saturated carbocycles. The highest BCUT2D eigenvalue weighted by atomic mass is 35.5. The van der Waals surface area contributed by atoms with E-state index in [0.29, 0.717) is 23.0 Å². The summed E-state index contributed by atoms with van der Waals surface area (Å²) in [4.78, 5) is 16.2. The van der Waals surface area contributed by atoms with E-state index in [1.807, 2.05) is 0 Å². The maximum absolute atomic E-state index is 13.9. The van der Waals surface area contributed by atoms with Gasteiger partial charge in [-0.05, 0) is 45.0 Å². The van der Waals surface area contributed by atoms with E-state index in [2.05, 4.69) is 26.6 Å². The van der Waals surface area contributed by atoms with Crippen molar-refractivity contribution in [3.8, 4) is 0 Å². The zero-order valence-electron chi connectivity index (χ0n) is 15.7. The number of likely N-dealkylation sites (N-methyl/N-ethyl adjacent to an activating group) is 1. The molecule has 1 aromatic heterocycles. The molecule has 1 aliphatic rings. The van der Waals surface area contributed by atoms with Crippen LogP contribution < -0.4 is 0 Å². The lowest BCUT2D eigenvalue weighted by Gasteiger charge is -2.32. The van der Waals surface area contributed by atoms with Crippen LogP contribution in [0.15, 0.2) is 24.5 Å². The van der Waals surface area contributed by atoms with Gasteiger partial charge in [0.2, 0.25) is 5.91 Å². The summed E-state index contributed by atoms with van der Waals surface area (Å²) in [7, 11) is 1.68. The quantitative estimate of drug-likeness (QED) is 0.757. The minimum atomic E-state index is -0.386. The molecule has 1 amide bonds. The average Bonchev–Trinajstić information content (AvgIpc) is 3.14. The number of rotatable bonds is 6. The number of carbonyl (C=O) groups excluding carboxylic acids is 1. The van der Waals surface area contributed by atoms with Gasteiger partial charge in [-0.3, -0.25) is 9.69 Å². The fourth-order valence-electron chi connectivity index (χ4n) is 3.49. The molecule has 146 valence electrons. The molecule has 0 atom stereocenters. The van der Waals surface area contributed by atoms with E-state index in [1.54, 1.807) is 25.5 Å². The second-order valence-corrected chi connectivity index (χ2v) is 7.38. The Kier molecular flexibility index (Phi) is 6.44. The minimum Gasteiger partial charge on any atom is -0.340 e. The Morgan fingerprint density at radius 3 is 2.78 bits per heavy atom. The van der Waals surface area contributed by atoms with Gasteiger partial charge in [0.1, 0.15) is 18.0 Å². The van der Waals surface area contributed by atoms with E-state index in [9.17, 15) is 9.18 Å². The van der Waals surface area contributed by atoms with Gasteiger partial charge >= 0.3 is 0 Å². The number of benzene rings is 1. The molecule has 0 bridgehead atoms. The van der Waals surface area contributed by atoms with E-state index in [4.69, 9.17) is 11.6 Å². The van der Waals surface area contributed by atoms with Crippen molar-refractivity contribution in [2.75, 3.05) is 26.7 Å². The molecular formula is C19H25ClFN5O. The van der Waals surface area contributed by atoms with E-state index < -0.39 is 0 Å². The lowest BCUT2D eigenvalue weighted by molar-refractivity contribution is -0.131. The average molecular weight is 394 g/mol. The van der Waals surface area contributed by atoms with Gasteiger partial charge in [-0.1, -0.05) is 17.7 Å². The van der Waals surface area contributed by atoms with Crippen LogP contribution in [0.25, 0.3) is 0 Å². The van der Waals surface area contributed by atoms with Crippen LogP contribution in [0.1, 0.15) is 37.1 Å². The number of piperidine rings is 1.